The normalized spacial score (nSPS) is 12.0. The third-order valence-electron chi connectivity index (χ3n) is 5.69. The predicted molar refractivity (Wildman–Crippen MR) is 137 cm³/mol. The van der Waals surface area contributed by atoms with E-state index < -0.39 is 0 Å². The molecule has 0 aliphatic carbocycles. The van der Waals surface area contributed by atoms with Crippen molar-refractivity contribution in [3.05, 3.63) is 76.6 Å². The van der Waals surface area contributed by atoms with Crippen molar-refractivity contribution in [3.8, 4) is 11.1 Å². The Bertz CT molecular complexity index is 988. The molecule has 0 unspecified atom stereocenters. The van der Waals surface area contributed by atoms with Crippen LogP contribution in [0.4, 0.5) is 10.1 Å². The smallest absolute Gasteiger partial charge is 0.128 e. The summed E-state index contributed by atoms with van der Waals surface area (Å²) in [7, 11) is 0. The highest BCUT2D eigenvalue weighted by atomic mass is 19.1. The van der Waals surface area contributed by atoms with Gasteiger partial charge in [-0.25, -0.2) is 4.39 Å². The minimum absolute atomic E-state index is 0.150. The van der Waals surface area contributed by atoms with Gasteiger partial charge in [0.05, 0.1) is 5.69 Å². The Hall–Kier alpha value is -2.85. The van der Waals surface area contributed by atoms with E-state index in [9.17, 15) is 0 Å². The lowest BCUT2D eigenvalue weighted by Crippen LogP contribution is -2.25. The second-order valence-corrected chi connectivity index (χ2v) is 8.15. The first-order valence-electron chi connectivity index (χ1n) is 11.4. The van der Waals surface area contributed by atoms with E-state index in [-0.39, 0.29) is 5.82 Å². The van der Waals surface area contributed by atoms with E-state index in [0.717, 1.165) is 65.0 Å². The van der Waals surface area contributed by atoms with Crippen molar-refractivity contribution < 1.29 is 4.39 Å². The zero-order valence-corrected chi connectivity index (χ0v) is 20.1. The van der Waals surface area contributed by atoms with E-state index in [1.165, 1.54) is 6.21 Å². The van der Waals surface area contributed by atoms with Crippen molar-refractivity contribution in [2.24, 2.45) is 4.99 Å². The van der Waals surface area contributed by atoms with Crippen LogP contribution in [0.2, 0.25) is 0 Å². The molecule has 32 heavy (non-hydrogen) atoms. The molecule has 0 atom stereocenters. The summed E-state index contributed by atoms with van der Waals surface area (Å²) in [5.41, 5.74) is 6.80. The van der Waals surface area contributed by atoms with Crippen LogP contribution in [0.3, 0.4) is 0 Å². The Balaban J connectivity index is 2.37. The van der Waals surface area contributed by atoms with E-state index in [1.807, 2.05) is 45.0 Å². The van der Waals surface area contributed by atoms with E-state index in [4.69, 9.17) is 5.41 Å². The van der Waals surface area contributed by atoms with E-state index >= 15 is 4.39 Å². The van der Waals surface area contributed by atoms with Crippen molar-refractivity contribution >= 4 is 18.1 Å². The van der Waals surface area contributed by atoms with E-state index in [1.54, 1.807) is 12.3 Å². The second kappa shape index (κ2) is 12.3. The monoisotopic (exact) mass is 433 g/mol. The van der Waals surface area contributed by atoms with Gasteiger partial charge in [0.1, 0.15) is 5.82 Å². The van der Waals surface area contributed by atoms with Crippen LogP contribution in [0.15, 0.2) is 59.1 Å². The Morgan fingerprint density at radius 1 is 1.16 bits per heavy atom. The van der Waals surface area contributed by atoms with Crippen molar-refractivity contribution in [3.63, 3.8) is 0 Å². The Morgan fingerprint density at radius 3 is 2.41 bits per heavy atom. The Kier molecular flexibility index (Phi) is 9.73. The van der Waals surface area contributed by atoms with E-state index in [2.05, 4.69) is 36.4 Å². The fourth-order valence-electron chi connectivity index (χ4n) is 3.92. The topological polar surface area (TPSA) is 39.5 Å². The van der Waals surface area contributed by atoms with Crippen LogP contribution in [0.5, 0.6) is 0 Å². The molecule has 0 heterocycles. The molecular formula is C28H36FN3. The van der Waals surface area contributed by atoms with Crippen LogP contribution in [-0.2, 0) is 6.54 Å². The van der Waals surface area contributed by atoms with Gasteiger partial charge in [-0.1, -0.05) is 44.7 Å². The number of halogens is 1. The van der Waals surface area contributed by atoms with E-state index in [0.29, 0.717) is 12.1 Å². The van der Waals surface area contributed by atoms with Crippen LogP contribution < -0.4 is 0 Å². The molecule has 0 saturated carbocycles. The lowest BCUT2D eigenvalue weighted by Gasteiger charge is -2.23. The van der Waals surface area contributed by atoms with Crippen LogP contribution >= 0.6 is 0 Å². The molecule has 0 bridgehead atoms. The molecule has 170 valence electrons. The molecule has 0 aliphatic heterocycles. The van der Waals surface area contributed by atoms with Gasteiger partial charge >= 0.3 is 0 Å². The zero-order valence-electron chi connectivity index (χ0n) is 20.1. The zero-order chi connectivity index (χ0) is 23.7. The maximum Gasteiger partial charge on any atom is 0.128 e. The first-order chi connectivity index (χ1) is 15.4. The summed E-state index contributed by atoms with van der Waals surface area (Å²) < 4.78 is 15.2. The molecule has 2 aromatic carbocycles. The van der Waals surface area contributed by atoms with Gasteiger partial charge in [0, 0.05) is 24.5 Å². The van der Waals surface area contributed by atoms with Crippen LogP contribution in [0, 0.1) is 25.1 Å². The molecule has 0 fully saturated rings. The second-order valence-electron chi connectivity index (χ2n) is 8.15. The van der Waals surface area contributed by atoms with Crippen LogP contribution in [-0.4, -0.2) is 30.4 Å². The molecule has 4 heteroatoms. The number of benzene rings is 2. The Labute approximate surface area is 192 Å². The molecule has 0 spiro atoms. The third kappa shape index (κ3) is 6.33. The first-order valence-corrected chi connectivity index (χ1v) is 11.4. The lowest BCUT2D eigenvalue weighted by atomic mass is 9.95. The van der Waals surface area contributed by atoms with Crippen LogP contribution in [0.25, 0.3) is 11.1 Å². The minimum atomic E-state index is -0.150. The number of hydrogen-bond acceptors (Lipinski definition) is 3. The van der Waals surface area contributed by atoms with Crippen molar-refractivity contribution in [2.45, 2.75) is 54.0 Å². The molecule has 3 nitrogen and oxygen atoms in total. The first kappa shape index (κ1) is 25.4. The highest BCUT2D eigenvalue weighted by Gasteiger charge is 2.14. The van der Waals surface area contributed by atoms with Gasteiger partial charge in [0.2, 0.25) is 0 Å². The van der Waals surface area contributed by atoms with Crippen molar-refractivity contribution in [1.82, 2.24) is 4.90 Å². The van der Waals surface area contributed by atoms with Crippen molar-refractivity contribution in [2.75, 3.05) is 13.1 Å². The molecule has 0 amide bonds. The number of nitrogens with zero attached hydrogens (tertiary/aromatic N) is 2. The van der Waals surface area contributed by atoms with Gasteiger partial charge in [0.15, 0.2) is 0 Å². The summed E-state index contributed by atoms with van der Waals surface area (Å²) in [4.78, 5) is 6.91. The summed E-state index contributed by atoms with van der Waals surface area (Å²) in [5.74, 6) is -0.150. The fraction of sp³-hybridized carbons (Fsp3) is 0.357. The summed E-state index contributed by atoms with van der Waals surface area (Å²) in [5, 5.41) is 7.45. The highest BCUT2D eigenvalue weighted by Crippen LogP contribution is 2.32. The number of nitrogens with one attached hydrogen (secondary N) is 1. The molecule has 0 radical (unpaired) electrons. The average molecular weight is 434 g/mol. The largest absolute Gasteiger partial charge is 0.308 e. The third-order valence-corrected chi connectivity index (χ3v) is 5.69. The van der Waals surface area contributed by atoms with Crippen molar-refractivity contribution in [1.29, 1.82) is 5.41 Å². The summed E-state index contributed by atoms with van der Waals surface area (Å²) >= 11 is 0. The van der Waals surface area contributed by atoms with Crippen LogP contribution in [0.1, 0.15) is 50.3 Å². The predicted octanol–water partition coefficient (Wildman–Crippen LogP) is 7.59. The number of aryl methyl sites for hydroxylation is 1. The SMILES string of the molecule is C=C(/C=N\c1cccc(-c2cc(C)c(CN(CCC)CCC)c(F)c2)c1C)/C(C=N)=C/C. The van der Waals surface area contributed by atoms with Gasteiger partial charge in [0.25, 0.3) is 0 Å². The maximum atomic E-state index is 15.2. The fourth-order valence-corrected chi connectivity index (χ4v) is 3.92. The molecular weight excluding hydrogens is 397 g/mol. The molecule has 0 aromatic heterocycles. The summed E-state index contributed by atoms with van der Waals surface area (Å²) in [6.45, 7) is 16.8. The minimum Gasteiger partial charge on any atom is -0.308 e. The molecule has 1 N–H and O–H groups in total. The quantitative estimate of drug-likeness (QED) is 0.288. The Morgan fingerprint density at radius 2 is 1.84 bits per heavy atom. The standard InChI is InChI=1S/C28H36FN3/c1-7-13-32(14-8-2)19-26-20(4)15-24(16-27(26)29)25-11-10-12-28(22(25)6)31-18-21(5)23(9-3)17-30/h9-12,15-18,30H,5,7-8,13-14,19H2,1-4,6H3/b23-9+,30-17?,31-18-. The maximum absolute atomic E-state index is 15.2. The number of hydrogen-bond donors (Lipinski definition) is 1. The average Bonchev–Trinajstić information content (AvgIpc) is 2.76. The molecule has 0 saturated heterocycles. The number of allylic oxidation sites excluding steroid dienone is 3. The highest BCUT2D eigenvalue weighted by molar-refractivity contribution is 5.97. The van der Waals surface area contributed by atoms with Gasteiger partial charge in [-0.15, -0.1) is 0 Å². The lowest BCUT2D eigenvalue weighted by molar-refractivity contribution is 0.262. The molecule has 0 aliphatic rings. The van der Waals surface area contributed by atoms with Gasteiger partial charge in [-0.3, -0.25) is 9.89 Å². The summed E-state index contributed by atoms with van der Waals surface area (Å²) in [6.07, 6.45) is 6.91. The number of aliphatic imine (C=N–C) groups is 1. The summed E-state index contributed by atoms with van der Waals surface area (Å²) in [6, 6.07) is 9.62. The molecule has 2 aromatic rings. The van der Waals surface area contributed by atoms with Gasteiger partial charge in [-0.05, 0) is 92.2 Å². The molecule has 2 rings (SSSR count). The van der Waals surface area contributed by atoms with Gasteiger partial charge < -0.3 is 5.41 Å². The number of rotatable bonds is 11. The van der Waals surface area contributed by atoms with Gasteiger partial charge in [-0.2, -0.15) is 0 Å².